The standard InChI is InChI=1S/C22H21N5O3/c28-21(24-12-15-6-7-18-19(11-15)30-14-29-18)16-13-25-22(27-9-3-4-10-27)26-20(16)17-5-1-2-8-23-17/h1-2,5-8,11,13H,3-4,9-10,12,14H2,(H,24,28). The van der Waals surface area contributed by atoms with Crippen molar-refractivity contribution in [2.45, 2.75) is 19.4 Å². The van der Waals surface area contributed by atoms with Gasteiger partial charge in [0.15, 0.2) is 11.5 Å². The van der Waals surface area contributed by atoms with Crippen LogP contribution >= 0.6 is 0 Å². The molecule has 2 aromatic heterocycles. The van der Waals surface area contributed by atoms with Crippen molar-refractivity contribution in [3.63, 3.8) is 0 Å². The molecule has 3 aromatic rings. The largest absolute Gasteiger partial charge is 0.454 e. The number of nitrogens with one attached hydrogen (secondary N) is 1. The molecule has 0 aliphatic carbocycles. The van der Waals surface area contributed by atoms with E-state index >= 15 is 0 Å². The number of ether oxygens (including phenoxy) is 2. The van der Waals surface area contributed by atoms with E-state index in [4.69, 9.17) is 14.5 Å². The molecule has 152 valence electrons. The highest BCUT2D eigenvalue weighted by molar-refractivity contribution is 5.99. The first-order chi connectivity index (χ1) is 14.8. The van der Waals surface area contributed by atoms with E-state index in [1.807, 2.05) is 36.4 Å². The number of aromatic nitrogens is 3. The Morgan fingerprint density at radius 2 is 1.93 bits per heavy atom. The third kappa shape index (κ3) is 3.63. The Labute approximate surface area is 173 Å². The van der Waals surface area contributed by atoms with E-state index in [9.17, 15) is 4.79 Å². The zero-order chi connectivity index (χ0) is 20.3. The average molecular weight is 403 g/mol. The summed E-state index contributed by atoms with van der Waals surface area (Å²) in [5, 5.41) is 2.95. The van der Waals surface area contributed by atoms with Crippen molar-refractivity contribution in [3.05, 3.63) is 59.9 Å². The summed E-state index contributed by atoms with van der Waals surface area (Å²) in [7, 11) is 0. The molecule has 0 saturated carbocycles. The molecule has 0 bridgehead atoms. The maximum Gasteiger partial charge on any atom is 0.255 e. The van der Waals surface area contributed by atoms with Gasteiger partial charge in [-0.05, 0) is 42.7 Å². The predicted octanol–water partition coefficient (Wildman–Crippen LogP) is 2.80. The van der Waals surface area contributed by atoms with E-state index in [0.29, 0.717) is 40.9 Å². The van der Waals surface area contributed by atoms with Gasteiger partial charge >= 0.3 is 0 Å². The fourth-order valence-corrected chi connectivity index (χ4v) is 3.63. The summed E-state index contributed by atoms with van der Waals surface area (Å²) in [4.78, 5) is 28.7. The first-order valence-electron chi connectivity index (χ1n) is 9.98. The number of carbonyl (C=O) groups is 1. The van der Waals surface area contributed by atoms with Crippen LogP contribution < -0.4 is 19.7 Å². The second kappa shape index (κ2) is 7.98. The van der Waals surface area contributed by atoms with Gasteiger partial charge in [-0.25, -0.2) is 9.97 Å². The molecule has 0 radical (unpaired) electrons. The summed E-state index contributed by atoms with van der Waals surface area (Å²) >= 11 is 0. The number of pyridine rings is 1. The van der Waals surface area contributed by atoms with Crippen LogP contribution in [0.1, 0.15) is 28.8 Å². The summed E-state index contributed by atoms with van der Waals surface area (Å²) in [6, 6.07) is 11.2. The molecule has 4 heterocycles. The molecule has 0 atom stereocenters. The van der Waals surface area contributed by atoms with Gasteiger partial charge in [0.1, 0.15) is 5.69 Å². The van der Waals surface area contributed by atoms with Crippen LogP contribution in [0.4, 0.5) is 5.95 Å². The molecule has 2 aliphatic heterocycles. The fraction of sp³-hybridized carbons (Fsp3) is 0.273. The van der Waals surface area contributed by atoms with Crippen LogP contribution in [0.15, 0.2) is 48.8 Å². The summed E-state index contributed by atoms with van der Waals surface area (Å²) in [5.41, 5.74) is 2.50. The zero-order valence-corrected chi connectivity index (χ0v) is 16.4. The highest BCUT2D eigenvalue weighted by Gasteiger charge is 2.21. The topological polar surface area (TPSA) is 89.5 Å². The number of anilines is 1. The molecule has 0 unspecified atom stereocenters. The van der Waals surface area contributed by atoms with Crippen LogP contribution in [0, 0.1) is 0 Å². The van der Waals surface area contributed by atoms with Gasteiger partial charge in [0.25, 0.3) is 5.91 Å². The van der Waals surface area contributed by atoms with Crippen molar-refractivity contribution >= 4 is 11.9 Å². The number of rotatable bonds is 5. The summed E-state index contributed by atoms with van der Waals surface area (Å²) in [6.07, 6.45) is 5.54. The third-order valence-corrected chi connectivity index (χ3v) is 5.21. The number of carbonyl (C=O) groups excluding carboxylic acids is 1. The molecular weight excluding hydrogens is 382 g/mol. The SMILES string of the molecule is O=C(NCc1ccc2c(c1)OCO2)c1cnc(N2CCCC2)nc1-c1ccccn1. The normalized spacial score (nSPS) is 14.7. The van der Waals surface area contributed by atoms with Gasteiger partial charge in [-0.3, -0.25) is 9.78 Å². The van der Waals surface area contributed by atoms with Crippen LogP contribution in [-0.4, -0.2) is 40.7 Å². The lowest BCUT2D eigenvalue weighted by Gasteiger charge is -2.17. The number of nitrogens with zero attached hydrogens (tertiary/aromatic N) is 4. The van der Waals surface area contributed by atoms with Crippen molar-refractivity contribution in [1.29, 1.82) is 0 Å². The Morgan fingerprint density at radius 3 is 2.77 bits per heavy atom. The fourth-order valence-electron chi connectivity index (χ4n) is 3.63. The smallest absolute Gasteiger partial charge is 0.255 e. The molecule has 1 amide bonds. The van der Waals surface area contributed by atoms with Crippen LogP contribution in [0.25, 0.3) is 11.4 Å². The minimum absolute atomic E-state index is 0.222. The van der Waals surface area contributed by atoms with Crippen LogP contribution in [0.5, 0.6) is 11.5 Å². The third-order valence-electron chi connectivity index (χ3n) is 5.21. The molecule has 8 heteroatoms. The molecule has 1 fully saturated rings. The first-order valence-corrected chi connectivity index (χ1v) is 9.98. The Morgan fingerprint density at radius 1 is 1.07 bits per heavy atom. The number of fused-ring (bicyclic) bond motifs is 1. The molecule has 5 rings (SSSR count). The van der Waals surface area contributed by atoms with Crippen molar-refractivity contribution in [2.75, 3.05) is 24.8 Å². The summed E-state index contributed by atoms with van der Waals surface area (Å²) in [5.74, 6) is 1.80. The monoisotopic (exact) mass is 403 g/mol. The van der Waals surface area contributed by atoms with E-state index in [0.717, 1.165) is 31.5 Å². The zero-order valence-electron chi connectivity index (χ0n) is 16.4. The minimum Gasteiger partial charge on any atom is -0.454 e. The van der Waals surface area contributed by atoms with E-state index in [2.05, 4.69) is 20.2 Å². The quantitative estimate of drug-likeness (QED) is 0.701. The number of benzene rings is 1. The van der Waals surface area contributed by atoms with Crippen molar-refractivity contribution < 1.29 is 14.3 Å². The van der Waals surface area contributed by atoms with E-state index < -0.39 is 0 Å². The van der Waals surface area contributed by atoms with Gasteiger partial charge in [-0.15, -0.1) is 0 Å². The van der Waals surface area contributed by atoms with Crippen LogP contribution in [-0.2, 0) is 6.54 Å². The Hall–Kier alpha value is -3.68. The summed E-state index contributed by atoms with van der Waals surface area (Å²) in [6.45, 7) is 2.43. The Balaban J connectivity index is 1.40. The van der Waals surface area contributed by atoms with E-state index in [1.165, 1.54) is 0 Å². The molecule has 1 aromatic carbocycles. The highest BCUT2D eigenvalue weighted by atomic mass is 16.7. The molecular formula is C22H21N5O3. The van der Waals surface area contributed by atoms with Crippen LogP contribution in [0.2, 0.25) is 0 Å². The molecule has 2 aliphatic rings. The van der Waals surface area contributed by atoms with Crippen molar-refractivity contribution in [3.8, 4) is 22.9 Å². The maximum atomic E-state index is 13.0. The predicted molar refractivity (Wildman–Crippen MR) is 110 cm³/mol. The molecule has 1 N–H and O–H groups in total. The molecule has 0 spiro atoms. The van der Waals surface area contributed by atoms with E-state index in [-0.39, 0.29) is 12.7 Å². The van der Waals surface area contributed by atoms with Gasteiger partial charge in [0.2, 0.25) is 12.7 Å². The van der Waals surface area contributed by atoms with Crippen LogP contribution in [0.3, 0.4) is 0 Å². The summed E-state index contributed by atoms with van der Waals surface area (Å²) < 4.78 is 10.7. The van der Waals surface area contributed by atoms with Gasteiger partial charge < -0.3 is 19.7 Å². The number of hydrogen-bond acceptors (Lipinski definition) is 7. The van der Waals surface area contributed by atoms with Crippen molar-refractivity contribution in [2.24, 2.45) is 0 Å². The second-order valence-electron chi connectivity index (χ2n) is 7.21. The van der Waals surface area contributed by atoms with Gasteiger partial charge in [-0.2, -0.15) is 0 Å². The van der Waals surface area contributed by atoms with Gasteiger partial charge in [-0.1, -0.05) is 12.1 Å². The van der Waals surface area contributed by atoms with E-state index in [1.54, 1.807) is 12.4 Å². The molecule has 1 saturated heterocycles. The molecule has 30 heavy (non-hydrogen) atoms. The number of amides is 1. The van der Waals surface area contributed by atoms with Crippen molar-refractivity contribution in [1.82, 2.24) is 20.3 Å². The average Bonchev–Trinajstić information content (AvgIpc) is 3.49. The number of hydrogen-bond donors (Lipinski definition) is 1. The first kappa shape index (κ1) is 18.4. The minimum atomic E-state index is -0.249. The Kier molecular flexibility index (Phi) is 4.88. The lowest BCUT2D eigenvalue weighted by Crippen LogP contribution is -2.26. The van der Waals surface area contributed by atoms with Gasteiger partial charge in [0, 0.05) is 32.0 Å². The molecule has 8 nitrogen and oxygen atoms in total. The highest BCUT2D eigenvalue weighted by Crippen LogP contribution is 2.32. The maximum absolute atomic E-state index is 13.0. The van der Waals surface area contributed by atoms with Gasteiger partial charge in [0.05, 0.1) is 11.3 Å². The second-order valence-corrected chi connectivity index (χ2v) is 7.21. The lowest BCUT2D eigenvalue weighted by atomic mass is 10.1. The Bertz CT molecular complexity index is 1070. The lowest BCUT2D eigenvalue weighted by molar-refractivity contribution is 0.0950.